The Kier molecular flexibility index (Phi) is 4.59. The fraction of sp³-hybridized carbons (Fsp3) is 0.556. The molecule has 4 heterocycles. The molecule has 0 bridgehead atoms. The summed E-state index contributed by atoms with van der Waals surface area (Å²) in [7, 11) is 0. The summed E-state index contributed by atoms with van der Waals surface area (Å²) >= 11 is 0. The van der Waals surface area contributed by atoms with Gasteiger partial charge in [-0.05, 0) is 45.0 Å². The van der Waals surface area contributed by atoms with E-state index in [1.54, 1.807) is 0 Å². The van der Waals surface area contributed by atoms with Crippen molar-refractivity contribution in [3.63, 3.8) is 0 Å². The summed E-state index contributed by atoms with van der Waals surface area (Å²) < 4.78 is 5.85. The normalized spacial score (nSPS) is 18.9. The van der Waals surface area contributed by atoms with Gasteiger partial charge in [0.15, 0.2) is 5.69 Å². The summed E-state index contributed by atoms with van der Waals surface area (Å²) in [6, 6.07) is 4.08. The van der Waals surface area contributed by atoms with E-state index < -0.39 is 0 Å². The monoisotopic (exact) mass is 343 g/mol. The van der Waals surface area contributed by atoms with E-state index in [4.69, 9.17) is 4.42 Å². The maximum Gasteiger partial charge on any atom is 0.272 e. The third-order valence-corrected chi connectivity index (χ3v) is 5.15. The number of carbonyl (C=O) groups excluding carboxylic acids is 1. The van der Waals surface area contributed by atoms with Gasteiger partial charge in [-0.15, -0.1) is 0 Å². The average Bonchev–Trinajstić information content (AvgIpc) is 3.35. The number of aromatic amines is 1. The summed E-state index contributed by atoms with van der Waals surface area (Å²) in [6.45, 7) is 6.18. The SMILES string of the molecule is Cc1ccc(C(CNC(=O)c2n[nH]c3c2CNCC3)N2CCCC2)o1. The first kappa shape index (κ1) is 16.4. The van der Waals surface area contributed by atoms with Crippen molar-refractivity contribution in [1.82, 2.24) is 25.7 Å². The second kappa shape index (κ2) is 7.01. The molecule has 2 aliphatic rings. The number of fused-ring (bicyclic) bond motifs is 1. The lowest BCUT2D eigenvalue weighted by Crippen LogP contribution is -2.37. The highest BCUT2D eigenvalue weighted by Crippen LogP contribution is 2.26. The Morgan fingerprint density at radius 1 is 1.40 bits per heavy atom. The molecule has 2 aromatic rings. The second-order valence-corrected chi connectivity index (χ2v) is 6.87. The van der Waals surface area contributed by atoms with Gasteiger partial charge in [0.2, 0.25) is 0 Å². The van der Waals surface area contributed by atoms with Gasteiger partial charge in [0, 0.05) is 37.3 Å². The standard InChI is InChI=1S/C18H25N5O2/c1-12-4-5-16(25-12)15(23-8-2-3-9-23)11-20-18(24)17-13-10-19-7-6-14(13)21-22-17/h4-5,15,19H,2-3,6-11H2,1H3,(H,20,24)(H,21,22). The van der Waals surface area contributed by atoms with Crippen molar-refractivity contribution in [2.45, 2.75) is 38.8 Å². The van der Waals surface area contributed by atoms with Crippen LogP contribution in [-0.2, 0) is 13.0 Å². The van der Waals surface area contributed by atoms with E-state index in [-0.39, 0.29) is 11.9 Å². The first-order chi connectivity index (χ1) is 12.2. The number of nitrogens with zero attached hydrogens (tertiary/aromatic N) is 2. The van der Waals surface area contributed by atoms with Crippen molar-refractivity contribution in [3.05, 3.63) is 40.6 Å². The van der Waals surface area contributed by atoms with E-state index in [1.165, 1.54) is 12.8 Å². The molecule has 1 amide bonds. The molecule has 7 heteroatoms. The number of rotatable bonds is 5. The molecule has 1 fully saturated rings. The summed E-state index contributed by atoms with van der Waals surface area (Å²) in [5.41, 5.74) is 2.58. The molecule has 134 valence electrons. The average molecular weight is 343 g/mol. The highest BCUT2D eigenvalue weighted by molar-refractivity contribution is 5.94. The number of carbonyl (C=O) groups is 1. The van der Waals surface area contributed by atoms with Crippen LogP contribution < -0.4 is 10.6 Å². The van der Waals surface area contributed by atoms with Gasteiger partial charge in [-0.2, -0.15) is 5.10 Å². The Morgan fingerprint density at radius 3 is 3.00 bits per heavy atom. The number of aryl methyl sites for hydroxylation is 1. The maximum atomic E-state index is 12.7. The fourth-order valence-corrected chi connectivity index (χ4v) is 3.78. The third-order valence-electron chi connectivity index (χ3n) is 5.15. The number of H-pyrrole nitrogens is 1. The van der Waals surface area contributed by atoms with E-state index in [0.29, 0.717) is 18.8 Å². The van der Waals surface area contributed by atoms with Crippen molar-refractivity contribution in [2.24, 2.45) is 0 Å². The molecule has 0 saturated carbocycles. The Hall–Kier alpha value is -2.12. The number of amides is 1. The Balaban J connectivity index is 1.47. The van der Waals surface area contributed by atoms with Gasteiger partial charge >= 0.3 is 0 Å². The zero-order chi connectivity index (χ0) is 17.2. The van der Waals surface area contributed by atoms with E-state index >= 15 is 0 Å². The molecule has 3 N–H and O–H groups in total. The minimum Gasteiger partial charge on any atom is -0.465 e. The number of hydrogen-bond acceptors (Lipinski definition) is 5. The van der Waals surface area contributed by atoms with Gasteiger partial charge in [-0.1, -0.05) is 0 Å². The molecule has 0 aromatic carbocycles. The maximum absolute atomic E-state index is 12.7. The summed E-state index contributed by atoms with van der Waals surface area (Å²) in [4.78, 5) is 15.1. The predicted molar refractivity (Wildman–Crippen MR) is 93.3 cm³/mol. The van der Waals surface area contributed by atoms with Crippen LogP contribution in [0, 0.1) is 6.92 Å². The third kappa shape index (κ3) is 3.34. The molecule has 1 saturated heterocycles. The van der Waals surface area contributed by atoms with Crippen LogP contribution >= 0.6 is 0 Å². The van der Waals surface area contributed by atoms with Gasteiger partial charge in [0.05, 0.1) is 6.04 Å². The molecule has 0 spiro atoms. The molecule has 4 rings (SSSR count). The van der Waals surface area contributed by atoms with Gasteiger partial charge in [-0.3, -0.25) is 14.8 Å². The lowest BCUT2D eigenvalue weighted by atomic mass is 10.1. The van der Waals surface area contributed by atoms with Crippen LogP contribution in [0.5, 0.6) is 0 Å². The van der Waals surface area contributed by atoms with Crippen LogP contribution in [0.15, 0.2) is 16.5 Å². The van der Waals surface area contributed by atoms with Gasteiger partial charge in [-0.25, -0.2) is 0 Å². The van der Waals surface area contributed by atoms with Crippen LogP contribution in [0.2, 0.25) is 0 Å². The van der Waals surface area contributed by atoms with Crippen LogP contribution in [0.3, 0.4) is 0 Å². The molecule has 2 aromatic heterocycles. The summed E-state index contributed by atoms with van der Waals surface area (Å²) in [5, 5.41) is 13.6. The molecule has 25 heavy (non-hydrogen) atoms. The van der Waals surface area contributed by atoms with E-state index in [1.807, 2.05) is 19.1 Å². The van der Waals surface area contributed by atoms with Gasteiger partial charge < -0.3 is 15.1 Å². The Bertz CT molecular complexity index is 744. The number of hydrogen-bond donors (Lipinski definition) is 3. The highest BCUT2D eigenvalue weighted by Gasteiger charge is 2.28. The molecular formula is C18H25N5O2. The topological polar surface area (TPSA) is 86.2 Å². The second-order valence-electron chi connectivity index (χ2n) is 6.87. The van der Waals surface area contributed by atoms with Gasteiger partial charge in [0.1, 0.15) is 11.5 Å². The van der Waals surface area contributed by atoms with Crippen LogP contribution in [0.4, 0.5) is 0 Å². The van der Waals surface area contributed by atoms with Crippen LogP contribution in [0.25, 0.3) is 0 Å². The fourth-order valence-electron chi connectivity index (χ4n) is 3.78. The molecule has 1 unspecified atom stereocenters. The minimum atomic E-state index is -0.117. The molecular weight excluding hydrogens is 318 g/mol. The lowest BCUT2D eigenvalue weighted by Gasteiger charge is -2.26. The lowest BCUT2D eigenvalue weighted by molar-refractivity contribution is 0.0927. The number of likely N-dealkylation sites (tertiary alicyclic amines) is 1. The quantitative estimate of drug-likeness (QED) is 0.766. The van der Waals surface area contributed by atoms with E-state index in [0.717, 1.165) is 48.8 Å². The first-order valence-corrected chi connectivity index (χ1v) is 9.08. The zero-order valence-corrected chi connectivity index (χ0v) is 14.6. The number of aromatic nitrogens is 2. The highest BCUT2D eigenvalue weighted by atomic mass is 16.3. The molecule has 2 aliphatic heterocycles. The zero-order valence-electron chi connectivity index (χ0n) is 14.6. The molecule has 1 atom stereocenters. The van der Waals surface area contributed by atoms with Crippen molar-refractivity contribution in [1.29, 1.82) is 0 Å². The number of furan rings is 1. The molecule has 0 radical (unpaired) electrons. The summed E-state index contributed by atoms with van der Waals surface area (Å²) in [5.74, 6) is 1.71. The smallest absolute Gasteiger partial charge is 0.272 e. The molecule has 7 nitrogen and oxygen atoms in total. The first-order valence-electron chi connectivity index (χ1n) is 9.08. The van der Waals surface area contributed by atoms with Crippen molar-refractivity contribution in [3.8, 4) is 0 Å². The summed E-state index contributed by atoms with van der Waals surface area (Å²) in [6.07, 6.45) is 3.28. The number of nitrogens with one attached hydrogen (secondary N) is 3. The van der Waals surface area contributed by atoms with Crippen LogP contribution in [0.1, 0.15) is 52.1 Å². The van der Waals surface area contributed by atoms with E-state index in [2.05, 4.69) is 25.7 Å². The van der Waals surface area contributed by atoms with Crippen molar-refractivity contribution in [2.75, 3.05) is 26.2 Å². The van der Waals surface area contributed by atoms with Gasteiger partial charge in [0.25, 0.3) is 5.91 Å². The largest absolute Gasteiger partial charge is 0.465 e. The van der Waals surface area contributed by atoms with Crippen molar-refractivity contribution >= 4 is 5.91 Å². The van der Waals surface area contributed by atoms with E-state index in [9.17, 15) is 4.79 Å². The Labute approximate surface area is 147 Å². The minimum absolute atomic E-state index is 0.0769. The Morgan fingerprint density at radius 2 is 2.24 bits per heavy atom. The van der Waals surface area contributed by atoms with Crippen molar-refractivity contribution < 1.29 is 9.21 Å². The van der Waals surface area contributed by atoms with Crippen LogP contribution in [-0.4, -0.2) is 47.2 Å². The molecule has 0 aliphatic carbocycles. The predicted octanol–water partition coefficient (Wildman–Crippen LogP) is 1.52.